The molecule has 7 nitrogen and oxygen atoms in total. The highest BCUT2D eigenvalue weighted by Crippen LogP contribution is 2.38. The van der Waals surface area contributed by atoms with E-state index >= 15 is 0 Å². The zero-order valence-electron chi connectivity index (χ0n) is 17.4. The Morgan fingerprint density at radius 2 is 2.16 bits per heavy atom. The summed E-state index contributed by atoms with van der Waals surface area (Å²) < 4.78 is 6.24. The normalized spacial score (nSPS) is 18.5. The fraction of sp³-hybridized carbons (Fsp3) is 0.304. The van der Waals surface area contributed by atoms with Crippen LogP contribution in [0.15, 0.2) is 48.7 Å². The number of fused-ring (bicyclic) bond motifs is 1. The van der Waals surface area contributed by atoms with Crippen LogP contribution in [0.3, 0.4) is 0 Å². The van der Waals surface area contributed by atoms with Gasteiger partial charge in [-0.1, -0.05) is 17.7 Å². The number of hydrogen-bond acceptors (Lipinski definition) is 5. The second-order valence-corrected chi connectivity index (χ2v) is 8.46. The van der Waals surface area contributed by atoms with Crippen LogP contribution >= 0.6 is 11.6 Å². The van der Waals surface area contributed by atoms with Gasteiger partial charge in [-0.05, 0) is 50.0 Å². The van der Waals surface area contributed by atoms with E-state index in [9.17, 15) is 9.90 Å². The van der Waals surface area contributed by atoms with E-state index in [2.05, 4.69) is 15.5 Å². The van der Waals surface area contributed by atoms with Gasteiger partial charge in [0.15, 0.2) is 0 Å². The van der Waals surface area contributed by atoms with E-state index in [0.717, 1.165) is 41.4 Å². The maximum Gasteiger partial charge on any atom is 0.243 e. The molecule has 1 aliphatic carbocycles. The number of aromatic amines is 1. The number of benzene rings is 2. The Labute approximate surface area is 185 Å². The number of phenols is 1. The topological polar surface area (TPSA) is 90.5 Å². The molecule has 1 aromatic heterocycles. The standard InChI is InChI=1S/C23H25ClN4O3/c1-28(2)7-3-4-23(30)26-15-10-17(11-15)31-22-9-14(8-21-19(22)13-25-27-21)18-6-5-16(29)12-20(18)24/h3-6,8-9,12-13,15,17,29H,7,10-11H2,1-2H3,(H,25,27)(H,26,30)/b4-3+. The first-order valence-electron chi connectivity index (χ1n) is 10.1. The Balaban J connectivity index is 1.43. The third-order valence-electron chi connectivity index (χ3n) is 5.26. The van der Waals surface area contributed by atoms with Crippen molar-refractivity contribution in [1.29, 1.82) is 0 Å². The van der Waals surface area contributed by atoms with Gasteiger partial charge >= 0.3 is 0 Å². The molecule has 4 rings (SSSR count). The number of carbonyl (C=O) groups is 1. The van der Waals surface area contributed by atoms with Crippen molar-refractivity contribution in [2.45, 2.75) is 25.0 Å². The molecule has 1 fully saturated rings. The first-order valence-corrected chi connectivity index (χ1v) is 10.5. The van der Waals surface area contributed by atoms with Crippen LogP contribution in [0.1, 0.15) is 12.8 Å². The van der Waals surface area contributed by atoms with Crippen molar-refractivity contribution in [3.05, 3.63) is 53.7 Å². The summed E-state index contributed by atoms with van der Waals surface area (Å²) in [5, 5.41) is 21.1. The van der Waals surface area contributed by atoms with E-state index in [1.807, 2.05) is 37.2 Å². The number of carbonyl (C=O) groups excluding carboxylic acids is 1. The van der Waals surface area contributed by atoms with Crippen LogP contribution in [0.5, 0.6) is 11.5 Å². The van der Waals surface area contributed by atoms with Crippen LogP contribution in [0, 0.1) is 0 Å². The molecule has 0 atom stereocenters. The monoisotopic (exact) mass is 440 g/mol. The molecule has 8 heteroatoms. The molecule has 2 aromatic carbocycles. The van der Waals surface area contributed by atoms with Crippen molar-refractivity contribution in [3.63, 3.8) is 0 Å². The molecule has 0 radical (unpaired) electrons. The molecule has 1 amide bonds. The molecule has 0 saturated heterocycles. The lowest BCUT2D eigenvalue weighted by Gasteiger charge is -2.35. The van der Waals surface area contributed by atoms with Gasteiger partial charge in [0.25, 0.3) is 0 Å². The molecular formula is C23H25ClN4O3. The molecule has 1 aliphatic rings. The largest absolute Gasteiger partial charge is 0.508 e. The summed E-state index contributed by atoms with van der Waals surface area (Å²) in [6, 6.07) is 8.89. The van der Waals surface area contributed by atoms with Crippen molar-refractivity contribution in [1.82, 2.24) is 20.4 Å². The second-order valence-electron chi connectivity index (χ2n) is 8.05. The highest BCUT2D eigenvalue weighted by molar-refractivity contribution is 6.33. The van der Waals surface area contributed by atoms with Crippen LogP contribution in [0.4, 0.5) is 0 Å². The number of phenolic OH excluding ortho intramolecular Hbond substituents is 1. The highest BCUT2D eigenvalue weighted by Gasteiger charge is 2.32. The molecule has 31 heavy (non-hydrogen) atoms. The van der Waals surface area contributed by atoms with Gasteiger partial charge in [0, 0.05) is 37.1 Å². The minimum atomic E-state index is -0.0773. The van der Waals surface area contributed by atoms with Gasteiger partial charge < -0.3 is 20.1 Å². The van der Waals surface area contributed by atoms with Gasteiger partial charge in [-0.25, -0.2) is 0 Å². The molecule has 0 spiro atoms. The van der Waals surface area contributed by atoms with E-state index < -0.39 is 0 Å². The van der Waals surface area contributed by atoms with E-state index in [1.165, 1.54) is 6.07 Å². The molecule has 3 aromatic rings. The van der Waals surface area contributed by atoms with Crippen LogP contribution in [0.2, 0.25) is 5.02 Å². The van der Waals surface area contributed by atoms with Crippen molar-refractivity contribution >= 4 is 28.4 Å². The molecule has 0 aliphatic heterocycles. The lowest BCUT2D eigenvalue weighted by Crippen LogP contribution is -2.48. The Morgan fingerprint density at radius 1 is 1.35 bits per heavy atom. The summed E-state index contributed by atoms with van der Waals surface area (Å²) in [5.74, 6) is 0.754. The number of nitrogens with one attached hydrogen (secondary N) is 2. The first-order chi connectivity index (χ1) is 14.9. The predicted molar refractivity (Wildman–Crippen MR) is 121 cm³/mol. The minimum absolute atomic E-state index is 0.0136. The second kappa shape index (κ2) is 8.99. The van der Waals surface area contributed by atoms with Gasteiger partial charge in [-0.15, -0.1) is 0 Å². The summed E-state index contributed by atoms with van der Waals surface area (Å²) >= 11 is 6.33. The molecular weight excluding hydrogens is 416 g/mol. The van der Waals surface area contributed by atoms with Crippen molar-refractivity contribution < 1.29 is 14.6 Å². The number of ether oxygens (including phenoxy) is 1. The van der Waals surface area contributed by atoms with Gasteiger partial charge in [-0.2, -0.15) is 5.10 Å². The quantitative estimate of drug-likeness (QED) is 0.487. The maximum atomic E-state index is 12.0. The Bertz CT molecular complexity index is 1120. The lowest BCUT2D eigenvalue weighted by atomic mass is 9.89. The van der Waals surface area contributed by atoms with Gasteiger partial charge in [-0.3, -0.25) is 9.89 Å². The predicted octanol–water partition coefficient (Wildman–Crippen LogP) is 3.73. The number of likely N-dealkylation sites (N-methyl/N-ethyl adjacent to an activating group) is 1. The van der Waals surface area contributed by atoms with Crippen molar-refractivity contribution in [3.8, 4) is 22.6 Å². The number of aromatic nitrogens is 2. The molecule has 1 saturated carbocycles. The molecule has 0 bridgehead atoms. The number of H-pyrrole nitrogens is 1. The van der Waals surface area contributed by atoms with Crippen molar-refractivity contribution in [2.24, 2.45) is 0 Å². The first kappa shape index (κ1) is 21.2. The zero-order chi connectivity index (χ0) is 22.0. The summed E-state index contributed by atoms with van der Waals surface area (Å²) in [6.07, 6.45) is 6.67. The Hall–Kier alpha value is -3.03. The third-order valence-corrected chi connectivity index (χ3v) is 5.57. The Morgan fingerprint density at radius 3 is 2.90 bits per heavy atom. The van der Waals surface area contributed by atoms with Crippen LogP contribution in [-0.4, -0.2) is 58.9 Å². The van der Waals surface area contributed by atoms with E-state index in [-0.39, 0.29) is 23.8 Å². The zero-order valence-corrected chi connectivity index (χ0v) is 18.2. The van der Waals surface area contributed by atoms with Gasteiger partial charge in [0.2, 0.25) is 5.91 Å². The average Bonchev–Trinajstić information content (AvgIpc) is 3.14. The SMILES string of the molecule is CN(C)C/C=C/C(=O)NC1CC(Oc2cc(-c3ccc(O)cc3Cl)cc3[nH]ncc23)C1. The fourth-order valence-corrected chi connectivity index (χ4v) is 3.87. The number of rotatable bonds is 7. The van der Waals surface area contributed by atoms with Crippen LogP contribution in [0.25, 0.3) is 22.0 Å². The molecule has 1 heterocycles. The maximum absolute atomic E-state index is 12.0. The molecule has 162 valence electrons. The number of nitrogens with zero attached hydrogens (tertiary/aromatic N) is 2. The van der Waals surface area contributed by atoms with Crippen LogP contribution in [-0.2, 0) is 4.79 Å². The van der Waals surface area contributed by atoms with E-state index in [0.29, 0.717) is 10.8 Å². The average molecular weight is 441 g/mol. The van der Waals surface area contributed by atoms with Crippen molar-refractivity contribution in [2.75, 3.05) is 20.6 Å². The Kier molecular flexibility index (Phi) is 6.15. The number of hydrogen-bond donors (Lipinski definition) is 3. The van der Waals surface area contributed by atoms with Gasteiger partial charge in [0.1, 0.15) is 17.6 Å². The molecule has 3 N–H and O–H groups in total. The van der Waals surface area contributed by atoms with E-state index in [1.54, 1.807) is 24.4 Å². The summed E-state index contributed by atoms with van der Waals surface area (Å²) in [4.78, 5) is 14.0. The van der Waals surface area contributed by atoms with Crippen LogP contribution < -0.4 is 10.1 Å². The summed E-state index contributed by atoms with van der Waals surface area (Å²) in [5.41, 5.74) is 2.50. The number of amides is 1. The lowest BCUT2D eigenvalue weighted by molar-refractivity contribution is -0.118. The number of aromatic hydroxyl groups is 1. The fourth-order valence-electron chi connectivity index (χ4n) is 3.59. The highest BCUT2D eigenvalue weighted by atomic mass is 35.5. The smallest absolute Gasteiger partial charge is 0.243 e. The van der Waals surface area contributed by atoms with Gasteiger partial charge in [0.05, 0.1) is 22.1 Å². The third kappa shape index (κ3) is 5.00. The van der Waals surface area contributed by atoms with E-state index in [4.69, 9.17) is 16.3 Å². The minimum Gasteiger partial charge on any atom is -0.508 e. The summed E-state index contributed by atoms with van der Waals surface area (Å²) in [6.45, 7) is 0.728. The number of halogens is 1. The summed E-state index contributed by atoms with van der Waals surface area (Å²) in [7, 11) is 3.91. The molecule has 0 unspecified atom stereocenters.